The van der Waals surface area contributed by atoms with Gasteiger partial charge in [0.25, 0.3) is 0 Å². The number of aromatic amines is 1. The molecule has 2 aromatic carbocycles. The van der Waals surface area contributed by atoms with E-state index in [4.69, 9.17) is 5.73 Å². The SMILES string of the molecule is NC(Cc1[nH]nc2ccccc12)C(=O)N1CCC(c2ccc(F)c(F)c2)CC1. The number of nitrogens with two attached hydrogens (primary N) is 1. The zero-order chi connectivity index (χ0) is 19.7. The number of H-pyrrole nitrogens is 1. The molecule has 0 aliphatic carbocycles. The fourth-order valence-corrected chi connectivity index (χ4v) is 3.91. The second-order valence-electron chi connectivity index (χ2n) is 7.30. The van der Waals surface area contributed by atoms with Crippen LogP contribution in [0.5, 0.6) is 0 Å². The van der Waals surface area contributed by atoms with Crippen LogP contribution in [0, 0.1) is 11.6 Å². The van der Waals surface area contributed by atoms with E-state index >= 15 is 0 Å². The molecule has 1 amide bonds. The first kappa shape index (κ1) is 18.6. The number of fused-ring (bicyclic) bond motifs is 1. The molecule has 1 unspecified atom stereocenters. The average Bonchev–Trinajstić information content (AvgIpc) is 3.12. The molecule has 0 saturated carbocycles. The molecule has 7 heteroatoms. The molecule has 0 spiro atoms. The minimum Gasteiger partial charge on any atom is -0.341 e. The van der Waals surface area contributed by atoms with E-state index in [1.54, 1.807) is 11.0 Å². The molecule has 1 aromatic heterocycles. The van der Waals surface area contributed by atoms with Crippen LogP contribution < -0.4 is 5.73 Å². The third kappa shape index (κ3) is 3.62. The molecule has 4 rings (SSSR count). The highest BCUT2D eigenvalue weighted by molar-refractivity contribution is 5.85. The molecule has 0 radical (unpaired) electrons. The Morgan fingerprint density at radius 3 is 2.68 bits per heavy atom. The Morgan fingerprint density at radius 2 is 1.93 bits per heavy atom. The first-order chi connectivity index (χ1) is 13.5. The standard InChI is InChI=1S/C21H22F2N4O/c22-16-6-5-14(11-17(16)23)13-7-9-27(10-8-13)21(28)18(24)12-20-15-3-1-2-4-19(15)25-26-20/h1-6,11,13,18H,7-10,12,24H2,(H,25,26). The number of hydrogen-bond acceptors (Lipinski definition) is 3. The second-order valence-corrected chi connectivity index (χ2v) is 7.30. The summed E-state index contributed by atoms with van der Waals surface area (Å²) in [5.41, 5.74) is 8.67. The van der Waals surface area contributed by atoms with E-state index in [0.717, 1.165) is 28.2 Å². The van der Waals surface area contributed by atoms with Crippen molar-refractivity contribution in [3.05, 3.63) is 65.4 Å². The molecule has 2 heterocycles. The summed E-state index contributed by atoms with van der Waals surface area (Å²) >= 11 is 0. The Hall–Kier alpha value is -2.80. The lowest BCUT2D eigenvalue weighted by Gasteiger charge is -2.33. The summed E-state index contributed by atoms with van der Waals surface area (Å²) in [7, 11) is 0. The maximum absolute atomic E-state index is 13.5. The summed E-state index contributed by atoms with van der Waals surface area (Å²) < 4.78 is 26.6. The maximum atomic E-state index is 13.5. The van der Waals surface area contributed by atoms with E-state index in [2.05, 4.69) is 10.2 Å². The van der Waals surface area contributed by atoms with Gasteiger partial charge in [0.15, 0.2) is 11.6 Å². The Labute approximate surface area is 161 Å². The number of piperidine rings is 1. The molecule has 3 N–H and O–H groups in total. The van der Waals surface area contributed by atoms with E-state index in [1.807, 2.05) is 24.3 Å². The van der Waals surface area contributed by atoms with Gasteiger partial charge in [0, 0.05) is 30.6 Å². The van der Waals surface area contributed by atoms with Crippen molar-refractivity contribution in [2.45, 2.75) is 31.2 Å². The van der Waals surface area contributed by atoms with Crippen molar-refractivity contribution in [1.82, 2.24) is 15.1 Å². The normalized spacial score (nSPS) is 16.5. The number of likely N-dealkylation sites (tertiary alicyclic amines) is 1. The van der Waals surface area contributed by atoms with Crippen LogP contribution in [0.3, 0.4) is 0 Å². The molecule has 1 saturated heterocycles. The highest BCUT2D eigenvalue weighted by Gasteiger charge is 2.28. The van der Waals surface area contributed by atoms with Crippen LogP contribution in [-0.4, -0.2) is 40.1 Å². The van der Waals surface area contributed by atoms with Crippen LogP contribution in [0.25, 0.3) is 10.9 Å². The average molecular weight is 384 g/mol. The number of aromatic nitrogens is 2. The maximum Gasteiger partial charge on any atom is 0.239 e. The van der Waals surface area contributed by atoms with Crippen LogP contribution in [0.4, 0.5) is 8.78 Å². The number of nitrogens with zero attached hydrogens (tertiary/aromatic N) is 2. The minimum absolute atomic E-state index is 0.0950. The van der Waals surface area contributed by atoms with Crippen molar-refractivity contribution in [2.75, 3.05) is 13.1 Å². The van der Waals surface area contributed by atoms with Gasteiger partial charge in [0.1, 0.15) is 0 Å². The molecule has 1 aliphatic rings. The summed E-state index contributed by atoms with van der Waals surface area (Å²) in [6, 6.07) is 11.1. The van der Waals surface area contributed by atoms with Gasteiger partial charge in [-0.25, -0.2) is 8.78 Å². The molecule has 3 aromatic rings. The van der Waals surface area contributed by atoms with Gasteiger partial charge >= 0.3 is 0 Å². The van der Waals surface area contributed by atoms with E-state index in [1.165, 1.54) is 6.07 Å². The van der Waals surface area contributed by atoms with Gasteiger partial charge in [0.2, 0.25) is 5.91 Å². The number of nitrogens with one attached hydrogen (secondary N) is 1. The van der Waals surface area contributed by atoms with Crippen molar-refractivity contribution >= 4 is 16.8 Å². The van der Waals surface area contributed by atoms with Crippen molar-refractivity contribution in [2.24, 2.45) is 5.73 Å². The molecular formula is C21H22F2N4O. The number of para-hydroxylation sites is 1. The highest BCUT2D eigenvalue weighted by Crippen LogP contribution is 2.29. The summed E-state index contributed by atoms with van der Waals surface area (Å²) in [5.74, 6) is -1.65. The molecule has 1 fully saturated rings. The molecule has 0 bridgehead atoms. The summed E-state index contributed by atoms with van der Waals surface area (Å²) in [4.78, 5) is 14.5. The topological polar surface area (TPSA) is 75.0 Å². The Morgan fingerprint density at radius 1 is 1.18 bits per heavy atom. The third-order valence-corrected chi connectivity index (χ3v) is 5.50. The first-order valence-corrected chi connectivity index (χ1v) is 9.44. The third-order valence-electron chi connectivity index (χ3n) is 5.50. The van der Waals surface area contributed by atoms with Crippen LogP contribution >= 0.6 is 0 Å². The monoisotopic (exact) mass is 384 g/mol. The summed E-state index contributed by atoms with van der Waals surface area (Å²) in [6.45, 7) is 1.11. The van der Waals surface area contributed by atoms with Gasteiger partial charge in [-0.3, -0.25) is 9.89 Å². The van der Waals surface area contributed by atoms with Crippen LogP contribution in [0.1, 0.15) is 30.0 Å². The number of hydrogen-bond donors (Lipinski definition) is 2. The minimum atomic E-state index is -0.839. The Balaban J connectivity index is 1.37. The van der Waals surface area contributed by atoms with Crippen LogP contribution in [0.2, 0.25) is 0 Å². The number of rotatable bonds is 4. The fourth-order valence-electron chi connectivity index (χ4n) is 3.91. The van der Waals surface area contributed by atoms with E-state index in [-0.39, 0.29) is 11.8 Å². The van der Waals surface area contributed by atoms with Crippen molar-refractivity contribution in [3.8, 4) is 0 Å². The quantitative estimate of drug-likeness (QED) is 0.726. The number of benzene rings is 2. The number of carbonyl (C=O) groups excluding carboxylic acids is 1. The van der Waals surface area contributed by atoms with Crippen molar-refractivity contribution < 1.29 is 13.6 Å². The predicted octanol–water partition coefficient (Wildman–Crippen LogP) is 3.12. The predicted molar refractivity (Wildman–Crippen MR) is 103 cm³/mol. The zero-order valence-electron chi connectivity index (χ0n) is 15.4. The van der Waals surface area contributed by atoms with Gasteiger partial charge in [-0.2, -0.15) is 5.10 Å². The number of carbonyl (C=O) groups is 1. The Kier molecular flexibility index (Phi) is 5.09. The van der Waals surface area contributed by atoms with Gasteiger partial charge in [-0.15, -0.1) is 0 Å². The lowest BCUT2D eigenvalue weighted by molar-refractivity contribution is -0.133. The number of amides is 1. The van der Waals surface area contributed by atoms with Gasteiger partial charge in [0.05, 0.1) is 11.6 Å². The van der Waals surface area contributed by atoms with Crippen LogP contribution in [-0.2, 0) is 11.2 Å². The van der Waals surface area contributed by atoms with Crippen LogP contribution in [0.15, 0.2) is 42.5 Å². The highest BCUT2D eigenvalue weighted by atomic mass is 19.2. The molecule has 146 valence electrons. The van der Waals surface area contributed by atoms with Gasteiger partial charge < -0.3 is 10.6 Å². The molecular weight excluding hydrogens is 362 g/mol. The summed E-state index contributed by atoms with van der Waals surface area (Å²) in [6.07, 6.45) is 1.80. The lowest BCUT2D eigenvalue weighted by atomic mass is 9.89. The largest absolute Gasteiger partial charge is 0.341 e. The zero-order valence-corrected chi connectivity index (χ0v) is 15.4. The van der Waals surface area contributed by atoms with Gasteiger partial charge in [-0.05, 0) is 42.5 Å². The fraction of sp³-hybridized carbons (Fsp3) is 0.333. The van der Waals surface area contributed by atoms with Crippen molar-refractivity contribution in [1.29, 1.82) is 0 Å². The molecule has 5 nitrogen and oxygen atoms in total. The molecule has 1 atom stereocenters. The Bertz CT molecular complexity index is 995. The van der Waals surface area contributed by atoms with E-state index in [0.29, 0.717) is 32.4 Å². The second kappa shape index (κ2) is 7.67. The number of halogens is 2. The molecule has 1 aliphatic heterocycles. The smallest absolute Gasteiger partial charge is 0.239 e. The van der Waals surface area contributed by atoms with E-state index in [9.17, 15) is 13.6 Å². The van der Waals surface area contributed by atoms with Crippen molar-refractivity contribution in [3.63, 3.8) is 0 Å². The molecule has 28 heavy (non-hydrogen) atoms. The first-order valence-electron chi connectivity index (χ1n) is 9.44. The summed E-state index contributed by atoms with van der Waals surface area (Å²) in [5, 5.41) is 8.19. The van der Waals surface area contributed by atoms with E-state index < -0.39 is 17.7 Å². The lowest BCUT2D eigenvalue weighted by Crippen LogP contribution is -2.47. The van der Waals surface area contributed by atoms with Gasteiger partial charge in [-0.1, -0.05) is 24.3 Å².